The maximum absolute atomic E-state index is 10.6. The van der Waals surface area contributed by atoms with Gasteiger partial charge in [0.25, 0.3) is 0 Å². The second-order valence-electron chi connectivity index (χ2n) is 10.5. The molecule has 0 radical (unpaired) electrons. The van der Waals surface area contributed by atoms with Crippen molar-refractivity contribution in [1.82, 2.24) is 19.5 Å². The third-order valence-corrected chi connectivity index (χ3v) is 7.06. The molecular weight excluding hydrogens is 472 g/mol. The summed E-state index contributed by atoms with van der Waals surface area (Å²) in [4.78, 5) is 13.8. The number of rotatable bonds is 5. The predicted octanol–water partition coefficient (Wildman–Crippen LogP) is 8.18. The molecule has 0 fully saturated rings. The van der Waals surface area contributed by atoms with Crippen LogP contribution in [0.4, 0.5) is 0 Å². The molecule has 0 atom stereocenters. The monoisotopic (exact) mass is 502 g/mol. The zero-order valence-corrected chi connectivity index (χ0v) is 22.2. The first-order valence-corrected chi connectivity index (χ1v) is 13.0. The molecule has 0 aliphatic rings. The molecule has 0 bridgehead atoms. The number of aromatic nitrogens is 4. The molecule has 0 amide bonds. The Kier molecular flexibility index (Phi) is 5.75. The van der Waals surface area contributed by atoms with Gasteiger partial charge in [0.1, 0.15) is 17.0 Å². The minimum Gasteiger partial charge on any atom is -0.506 e. The Balaban J connectivity index is 1.49. The lowest BCUT2D eigenvalue weighted by atomic mass is 10.0. The third-order valence-electron chi connectivity index (χ3n) is 7.06. The molecule has 0 spiro atoms. The van der Waals surface area contributed by atoms with E-state index in [4.69, 9.17) is 9.72 Å². The summed E-state index contributed by atoms with van der Waals surface area (Å²) in [5.74, 6) is 2.71. The van der Waals surface area contributed by atoms with E-state index in [1.807, 2.05) is 31.2 Å². The van der Waals surface area contributed by atoms with Crippen LogP contribution >= 0.6 is 0 Å². The average molecular weight is 503 g/mol. The Morgan fingerprint density at radius 1 is 0.763 bits per heavy atom. The van der Waals surface area contributed by atoms with Gasteiger partial charge >= 0.3 is 0 Å². The summed E-state index contributed by atoms with van der Waals surface area (Å²) in [7, 11) is 0. The molecule has 1 N–H and O–H groups in total. The highest BCUT2D eigenvalue weighted by Crippen LogP contribution is 2.37. The van der Waals surface area contributed by atoms with Crippen LogP contribution in [0, 0.1) is 6.92 Å². The number of hydrogen-bond donors (Lipinski definition) is 1. The number of phenolic OH excluding ortho intramolecular Hbond substituents is 1. The van der Waals surface area contributed by atoms with Crippen molar-refractivity contribution in [3.63, 3.8) is 0 Å². The van der Waals surface area contributed by atoms with Gasteiger partial charge in [0, 0.05) is 34.5 Å². The van der Waals surface area contributed by atoms with E-state index in [0.717, 1.165) is 44.3 Å². The van der Waals surface area contributed by atoms with E-state index in [1.54, 1.807) is 18.5 Å². The van der Waals surface area contributed by atoms with E-state index in [-0.39, 0.29) is 5.75 Å². The minimum atomic E-state index is 0.159. The highest BCUT2D eigenvalue weighted by atomic mass is 16.5. The lowest BCUT2D eigenvalue weighted by Crippen LogP contribution is -2.00. The first-order valence-electron chi connectivity index (χ1n) is 13.0. The molecule has 6 nitrogen and oxygen atoms in total. The average Bonchev–Trinajstić information content (AvgIpc) is 3.21. The topological polar surface area (TPSA) is 73.1 Å². The fraction of sp³-hybridized carbons (Fsp3) is 0.219. The second kappa shape index (κ2) is 9.14. The van der Waals surface area contributed by atoms with Gasteiger partial charge in [-0.2, -0.15) is 0 Å². The fourth-order valence-corrected chi connectivity index (χ4v) is 4.97. The Hall–Kier alpha value is -4.45. The molecule has 190 valence electrons. The minimum absolute atomic E-state index is 0.159. The Morgan fingerprint density at radius 2 is 1.50 bits per heavy atom. The predicted molar refractivity (Wildman–Crippen MR) is 153 cm³/mol. The maximum atomic E-state index is 10.6. The van der Waals surface area contributed by atoms with Gasteiger partial charge in [0.15, 0.2) is 5.82 Å². The van der Waals surface area contributed by atoms with Crippen LogP contribution in [-0.4, -0.2) is 24.6 Å². The van der Waals surface area contributed by atoms with Crippen LogP contribution in [0.2, 0.25) is 0 Å². The van der Waals surface area contributed by atoms with Crippen LogP contribution in [0.5, 0.6) is 17.4 Å². The molecule has 3 aromatic carbocycles. The standard InChI is InChI=1S/C32H30N4O2/c1-18(2)21-6-9-25-26-10-8-24(15-28(26)36(27(25)13-21)30-17-33-16-20(5)34-30)38-31-11-7-22-12-23(19(3)4)14-29(37)32(22)35-31/h6-19,37H,1-5H3. The normalized spacial score (nSPS) is 11.9. The third kappa shape index (κ3) is 4.12. The van der Waals surface area contributed by atoms with Gasteiger partial charge in [0.2, 0.25) is 5.88 Å². The smallest absolute Gasteiger partial charge is 0.219 e. The van der Waals surface area contributed by atoms with Gasteiger partial charge in [-0.25, -0.2) is 9.97 Å². The van der Waals surface area contributed by atoms with Gasteiger partial charge in [-0.3, -0.25) is 9.55 Å². The van der Waals surface area contributed by atoms with Crippen molar-refractivity contribution in [3.05, 3.63) is 89.9 Å². The summed E-state index contributed by atoms with van der Waals surface area (Å²) in [6, 6.07) is 20.3. The highest BCUT2D eigenvalue weighted by molar-refractivity contribution is 6.09. The molecule has 3 heterocycles. The molecule has 0 saturated heterocycles. The molecule has 6 heteroatoms. The number of hydrogen-bond acceptors (Lipinski definition) is 5. The van der Waals surface area contributed by atoms with Crippen LogP contribution in [-0.2, 0) is 0 Å². The molecule has 3 aromatic heterocycles. The van der Waals surface area contributed by atoms with Crippen molar-refractivity contribution in [2.75, 3.05) is 0 Å². The molecule has 0 aliphatic heterocycles. The van der Waals surface area contributed by atoms with E-state index < -0.39 is 0 Å². The Labute approximate surface area is 221 Å². The van der Waals surface area contributed by atoms with Gasteiger partial charge in [-0.1, -0.05) is 39.8 Å². The van der Waals surface area contributed by atoms with Crippen LogP contribution in [0.3, 0.4) is 0 Å². The summed E-state index contributed by atoms with van der Waals surface area (Å²) < 4.78 is 8.38. The number of ether oxygens (including phenoxy) is 1. The quantitative estimate of drug-likeness (QED) is 0.257. The zero-order valence-electron chi connectivity index (χ0n) is 22.2. The molecule has 0 saturated carbocycles. The lowest BCUT2D eigenvalue weighted by Gasteiger charge is -2.11. The summed E-state index contributed by atoms with van der Waals surface area (Å²) >= 11 is 0. The van der Waals surface area contributed by atoms with Gasteiger partial charge in [0.05, 0.1) is 22.9 Å². The lowest BCUT2D eigenvalue weighted by molar-refractivity contribution is 0.460. The van der Waals surface area contributed by atoms with Crippen molar-refractivity contribution >= 4 is 32.7 Å². The summed E-state index contributed by atoms with van der Waals surface area (Å²) in [6.45, 7) is 10.6. The first-order chi connectivity index (χ1) is 18.3. The van der Waals surface area contributed by atoms with E-state index >= 15 is 0 Å². The highest BCUT2D eigenvalue weighted by Gasteiger charge is 2.17. The number of aromatic hydroxyl groups is 1. The van der Waals surface area contributed by atoms with Crippen LogP contribution < -0.4 is 4.74 Å². The van der Waals surface area contributed by atoms with Crippen molar-refractivity contribution < 1.29 is 9.84 Å². The summed E-state index contributed by atoms with van der Waals surface area (Å²) in [6.07, 6.45) is 3.55. The van der Waals surface area contributed by atoms with Crippen molar-refractivity contribution in [3.8, 4) is 23.2 Å². The summed E-state index contributed by atoms with van der Waals surface area (Å²) in [5.41, 5.74) is 5.77. The van der Waals surface area contributed by atoms with E-state index in [9.17, 15) is 5.11 Å². The van der Waals surface area contributed by atoms with Crippen molar-refractivity contribution in [2.45, 2.75) is 46.5 Å². The number of nitrogens with zero attached hydrogens (tertiary/aromatic N) is 4. The van der Waals surface area contributed by atoms with Gasteiger partial charge in [-0.05, 0) is 66.3 Å². The summed E-state index contributed by atoms with van der Waals surface area (Å²) in [5, 5.41) is 13.8. The molecular formula is C32H30N4O2. The van der Waals surface area contributed by atoms with Crippen LogP contribution in [0.15, 0.2) is 73.1 Å². The van der Waals surface area contributed by atoms with Crippen molar-refractivity contribution in [2.24, 2.45) is 0 Å². The largest absolute Gasteiger partial charge is 0.506 e. The molecule has 0 unspecified atom stereocenters. The number of fused-ring (bicyclic) bond motifs is 4. The molecule has 0 aliphatic carbocycles. The van der Waals surface area contributed by atoms with E-state index in [1.165, 1.54) is 5.56 Å². The SMILES string of the molecule is Cc1cncc(-n2c3cc(Oc4ccc5cc(C(C)C)cc(O)c5n4)ccc3c3ccc(C(C)C)cc32)n1. The van der Waals surface area contributed by atoms with Crippen LogP contribution in [0.25, 0.3) is 38.5 Å². The Bertz CT molecular complexity index is 1840. The van der Waals surface area contributed by atoms with Crippen LogP contribution in [0.1, 0.15) is 56.4 Å². The van der Waals surface area contributed by atoms with Gasteiger partial charge in [-0.15, -0.1) is 0 Å². The molecule has 6 rings (SSSR count). The zero-order chi connectivity index (χ0) is 26.6. The molecule has 6 aromatic rings. The maximum Gasteiger partial charge on any atom is 0.219 e. The first kappa shape index (κ1) is 23.9. The number of pyridine rings is 1. The molecule has 38 heavy (non-hydrogen) atoms. The second-order valence-corrected chi connectivity index (χ2v) is 10.5. The van der Waals surface area contributed by atoms with E-state index in [0.29, 0.717) is 29.0 Å². The fourth-order valence-electron chi connectivity index (χ4n) is 4.97. The number of benzene rings is 3. The van der Waals surface area contributed by atoms with Gasteiger partial charge < -0.3 is 9.84 Å². The van der Waals surface area contributed by atoms with E-state index in [2.05, 4.69) is 72.6 Å². The number of aryl methyl sites for hydroxylation is 1. The Morgan fingerprint density at radius 3 is 2.24 bits per heavy atom. The number of phenols is 1. The van der Waals surface area contributed by atoms with Crippen molar-refractivity contribution in [1.29, 1.82) is 0 Å².